The van der Waals surface area contributed by atoms with Crippen LogP contribution in [0.1, 0.15) is 34.6 Å². The molecule has 0 aromatic rings. The van der Waals surface area contributed by atoms with E-state index in [1.54, 1.807) is 34.6 Å². The molecule has 0 amide bonds. The van der Waals surface area contributed by atoms with Gasteiger partial charge in [-0.05, 0) is 34.6 Å². The standard InChI is InChI=1S/C10H21NO4S/c1-6-15-10(12)7-11(8(2)3)16(13,14)9(4)5/h8-9H,6-7H2,1-5H3. The number of carbonyl (C=O) groups excluding carboxylic acids is 1. The lowest BCUT2D eigenvalue weighted by Gasteiger charge is -2.26. The van der Waals surface area contributed by atoms with Crippen LogP contribution in [0.3, 0.4) is 0 Å². The molecule has 96 valence electrons. The molecule has 5 nitrogen and oxygen atoms in total. The van der Waals surface area contributed by atoms with Crippen LogP contribution >= 0.6 is 0 Å². The van der Waals surface area contributed by atoms with Crippen molar-refractivity contribution in [1.29, 1.82) is 0 Å². The number of esters is 1. The molecule has 6 heteroatoms. The van der Waals surface area contributed by atoms with Crippen molar-refractivity contribution < 1.29 is 17.9 Å². The highest BCUT2D eigenvalue weighted by molar-refractivity contribution is 7.89. The zero-order chi connectivity index (χ0) is 12.9. The van der Waals surface area contributed by atoms with Gasteiger partial charge >= 0.3 is 5.97 Å². The summed E-state index contributed by atoms with van der Waals surface area (Å²) in [5, 5.41) is -0.538. The second-order valence-corrected chi connectivity index (χ2v) is 6.48. The minimum Gasteiger partial charge on any atom is -0.465 e. The summed E-state index contributed by atoms with van der Waals surface area (Å²) in [6.07, 6.45) is 0. The first kappa shape index (κ1) is 15.4. The molecule has 0 N–H and O–H groups in total. The van der Waals surface area contributed by atoms with Crippen molar-refractivity contribution in [2.75, 3.05) is 13.2 Å². The molecule has 16 heavy (non-hydrogen) atoms. The molecule has 0 aromatic heterocycles. The van der Waals surface area contributed by atoms with E-state index >= 15 is 0 Å². The van der Waals surface area contributed by atoms with Crippen molar-refractivity contribution in [1.82, 2.24) is 4.31 Å². The van der Waals surface area contributed by atoms with E-state index in [0.717, 1.165) is 0 Å². The van der Waals surface area contributed by atoms with Crippen LogP contribution in [0, 0.1) is 0 Å². The molecule has 0 saturated carbocycles. The Labute approximate surface area is 97.8 Å². The van der Waals surface area contributed by atoms with Crippen LogP contribution in [0.2, 0.25) is 0 Å². The first-order valence-corrected chi connectivity index (χ1v) is 6.90. The molecule has 0 radical (unpaired) electrons. The fourth-order valence-corrected chi connectivity index (χ4v) is 2.59. The zero-order valence-electron chi connectivity index (χ0n) is 10.6. The molecular weight excluding hydrogens is 230 g/mol. The van der Waals surface area contributed by atoms with Gasteiger partial charge in [0.05, 0.1) is 11.9 Å². The topological polar surface area (TPSA) is 63.7 Å². The molecule has 0 rings (SSSR count). The highest BCUT2D eigenvalue weighted by atomic mass is 32.2. The Morgan fingerprint density at radius 2 is 1.75 bits per heavy atom. The summed E-state index contributed by atoms with van der Waals surface area (Å²) >= 11 is 0. The minimum atomic E-state index is -3.42. The third kappa shape index (κ3) is 4.09. The summed E-state index contributed by atoms with van der Waals surface area (Å²) in [6.45, 7) is 8.39. The Morgan fingerprint density at radius 1 is 1.25 bits per heavy atom. The van der Waals surface area contributed by atoms with E-state index in [4.69, 9.17) is 4.74 Å². The van der Waals surface area contributed by atoms with Gasteiger partial charge in [-0.25, -0.2) is 8.42 Å². The predicted octanol–water partition coefficient (Wildman–Crippen LogP) is 0.998. The highest BCUT2D eigenvalue weighted by Gasteiger charge is 2.30. The highest BCUT2D eigenvalue weighted by Crippen LogP contribution is 2.12. The van der Waals surface area contributed by atoms with Crippen LogP contribution in [0.25, 0.3) is 0 Å². The Morgan fingerprint density at radius 3 is 2.06 bits per heavy atom. The van der Waals surface area contributed by atoms with Crippen LogP contribution < -0.4 is 0 Å². The van der Waals surface area contributed by atoms with E-state index in [1.165, 1.54) is 4.31 Å². The molecule has 0 aliphatic carbocycles. The lowest BCUT2D eigenvalue weighted by atomic mass is 10.4. The van der Waals surface area contributed by atoms with Gasteiger partial charge < -0.3 is 4.74 Å². The molecule has 0 aliphatic rings. The maximum Gasteiger partial charge on any atom is 0.321 e. The summed E-state index contributed by atoms with van der Waals surface area (Å²) in [4.78, 5) is 11.3. The smallest absolute Gasteiger partial charge is 0.321 e. The van der Waals surface area contributed by atoms with Crippen molar-refractivity contribution in [3.05, 3.63) is 0 Å². The van der Waals surface area contributed by atoms with Gasteiger partial charge in [-0.2, -0.15) is 4.31 Å². The van der Waals surface area contributed by atoms with E-state index in [0.29, 0.717) is 0 Å². The molecule has 0 fully saturated rings. The summed E-state index contributed by atoms with van der Waals surface area (Å²) in [5.41, 5.74) is 0. The maximum atomic E-state index is 11.9. The number of sulfonamides is 1. The molecule has 0 saturated heterocycles. The zero-order valence-corrected chi connectivity index (χ0v) is 11.4. The quantitative estimate of drug-likeness (QED) is 0.661. The predicted molar refractivity (Wildman–Crippen MR) is 62.5 cm³/mol. The van der Waals surface area contributed by atoms with Crippen molar-refractivity contribution in [2.24, 2.45) is 0 Å². The van der Waals surface area contributed by atoms with Crippen LogP contribution in [-0.2, 0) is 19.6 Å². The summed E-state index contributed by atoms with van der Waals surface area (Å²) in [6, 6.07) is -0.253. The fraction of sp³-hybridized carbons (Fsp3) is 0.900. The second kappa shape index (κ2) is 6.20. The van der Waals surface area contributed by atoms with Crippen LogP contribution in [-0.4, -0.2) is 43.1 Å². The SMILES string of the molecule is CCOC(=O)CN(C(C)C)S(=O)(=O)C(C)C. The normalized spacial score (nSPS) is 12.5. The van der Waals surface area contributed by atoms with Crippen LogP contribution in [0.4, 0.5) is 0 Å². The van der Waals surface area contributed by atoms with Gasteiger partial charge in [-0.15, -0.1) is 0 Å². The van der Waals surface area contributed by atoms with E-state index < -0.39 is 21.2 Å². The maximum absolute atomic E-state index is 11.9. The van der Waals surface area contributed by atoms with Gasteiger partial charge in [0, 0.05) is 6.04 Å². The van der Waals surface area contributed by atoms with Crippen molar-refractivity contribution in [3.8, 4) is 0 Å². The number of rotatable bonds is 6. The number of ether oxygens (including phenoxy) is 1. The fourth-order valence-electron chi connectivity index (χ4n) is 1.17. The summed E-state index contributed by atoms with van der Waals surface area (Å²) in [5.74, 6) is -0.513. The Bertz CT molecular complexity index is 322. The number of hydrogen-bond donors (Lipinski definition) is 0. The Hall–Kier alpha value is -0.620. The molecular formula is C10H21NO4S. The number of hydrogen-bond acceptors (Lipinski definition) is 4. The summed E-state index contributed by atoms with van der Waals surface area (Å²) < 4.78 is 29.8. The average molecular weight is 251 g/mol. The van der Waals surface area contributed by atoms with Gasteiger partial charge in [-0.3, -0.25) is 4.79 Å². The molecule has 0 aliphatic heterocycles. The first-order chi connectivity index (χ1) is 7.23. The average Bonchev–Trinajstić information content (AvgIpc) is 2.13. The lowest BCUT2D eigenvalue weighted by Crippen LogP contribution is -2.44. The third-order valence-electron chi connectivity index (χ3n) is 2.09. The van der Waals surface area contributed by atoms with E-state index in [1.807, 2.05) is 0 Å². The molecule has 0 spiro atoms. The first-order valence-electron chi connectivity index (χ1n) is 5.39. The third-order valence-corrected chi connectivity index (χ3v) is 4.48. The molecule has 0 unspecified atom stereocenters. The second-order valence-electron chi connectivity index (χ2n) is 4.04. The van der Waals surface area contributed by atoms with Crippen LogP contribution in [0.15, 0.2) is 0 Å². The molecule has 0 bridgehead atoms. The largest absolute Gasteiger partial charge is 0.465 e. The summed E-state index contributed by atoms with van der Waals surface area (Å²) in [7, 11) is -3.42. The van der Waals surface area contributed by atoms with Gasteiger partial charge in [0.15, 0.2) is 0 Å². The van der Waals surface area contributed by atoms with Gasteiger partial charge in [0.2, 0.25) is 10.0 Å². The minimum absolute atomic E-state index is 0.216. The van der Waals surface area contributed by atoms with E-state index in [-0.39, 0.29) is 19.2 Å². The molecule has 0 aromatic carbocycles. The van der Waals surface area contributed by atoms with Gasteiger partial charge in [0.1, 0.15) is 6.54 Å². The molecule has 0 atom stereocenters. The lowest BCUT2D eigenvalue weighted by molar-refractivity contribution is -0.143. The van der Waals surface area contributed by atoms with Crippen molar-refractivity contribution in [3.63, 3.8) is 0 Å². The number of carbonyl (C=O) groups is 1. The number of nitrogens with zero attached hydrogens (tertiary/aromatic N) is 1. The van der Waals surface area contributed by atoms with E-state index in [2.05, 4.69) is 0 Å². The molecule has 0 heterocycles. The van der Waals surface area contributed by atoms with Crippen molar-refractivity contribution >= 4 is 16.0 Å². The van der Waals surface area contributed by atoms with Gasteiger partial charge in [0.25, 0.3) is 0 Å². The van der Waals surface area contributed by atoms with Crippen LogP contribution in [0.5, 0.6) is 0 Å². The monoisotopic (exact) mass is 251 g/mol. The van der Waals surface area contributed by atoms with Crippen molar-refractivity contribution in [2.45, 2.75) is 45.9 Å². The van der Waals surface area contributed by atoms with Gasteiger partial charge in [-0.1, -0.05) is 0 Å². The van der Waals surface area contributed by atoms with E-state index in [9.17, 15) is 13.2 Å². The Balaban J connectivity index is 4.84. The Kier molecular flexibility index (Phi) is 5.96.